The van der Waals surface area contributed by atoms with Gasteiger partial charge < -0.3 is 20.4 Å². The van der Waals surface area contributed by atoms with Crippen molar-refractivity contribution in [2.24, 2.45) is 5.92 Å². The first-order valence-electron chi connectivity index (χ1n) is 9.99. The molecule has 1 saturated heterocycles. The Hall–Kier alpha value is -1.07. The molecular weight excluding hydrogens is 346 g/mol. The lowest BCUT2D eigenvalue weighted by Gasteiger charge is -2.33. The van der Waals surface area contributed by atoms with E-state index < -0.39 is 0 Å². The van der Waals surface area contributed by atoms with Crippen molar-refractivity contribution in [1.82, 2.24) is 15.6 Å². The molecule has 0 amide bonds. The van der Waals surface area contributed by atoms with Gasteiger partial charge >= 0.3 is 0 Å². The number of hydrogen-bond acceptors (Lipinski definition) is 3. The summed E-state index contributed by atoms with van der Waals surface area (Å²) in [5, 5.41) is 8.91. The molecule has 2 aliphatic rings. The molecule has 0 radical (unpaired) electrons. The molecule has 0 spiro atoms. The maximum absolute atomic E-state index is 5.68. The zero-order chi connectivity index (χ0) is 17.1. The first kappa shape index (κ1) is 19.7. The van der Waals surface area contributed by atoms with Crippen LogP contribution in [0.25, 0.3) is 10.9 Å². The number of halogens is 1. The summed E-state index contributed by atoms with van der Waals surface area (Å²) < 4.78 is 5.68. The highest BCUT2D eigenvalue weighted by atomic mass is 35.5. The fraction of sp³-hybridized carbons (Fsp3) is 0.619. The first-order valence-corrected chi connectivity index (χ1v) is 9.99. The third-order valence-electron chi connectivity index (χ3n) is 6.11. The van der Waals surface area contributed by atoms with Crippen molar-refractivity contribution in [1.29, 1.82) is 0 Å². The van der Waals surface area contributed by atoms with Gasteiger partial charge in [-0.3, -0.25) is 0 Å². The summed E-state index contributed by atoms with van der Waals surface area (Å²) in [5.41, 5.74) is 4.17. The van der Waals surface area contributed by atoms with Crippen LogP contribution in [-0.2, 0) is 17.6 Å². The third-order valence-corrected chi connectivity index (χ3v) is 6.11. The van der Waals surface area contributed by atoms with Gasteiger partial charge in [-0.15, -0.1) is 12.4 Å². The van der Waals surface area contributed by atoms with Crippen LogP contribution in [0.1, 0.15) is 37.3 Å². The van der Waals surface area contributed by atoms with E-state index in [1.807, 2.05) is 0 Å². The lowest BCUT2D eigenvalue weighted by atomic mass is 9.94. The van der Waals surface area contributed by atoms with Gasteiger partial charge in [0.05, 0.1) is 13.2 Å². The van der Waals surface area contributed by atoms with Crippen molar-refractivity contribution in [3.63, 3.8) is 0 Å². The van der Waals surface area contributed by atoms with Crippen LogP contribution in [-0.4, -0.2) is 43.4 Å². The van der Waals surface area contributed by atoms with Crippen molar-refractivity contribution in [3.8, 4) is 0 Å². The van der Waals surface area contributed by atoms with Crippen molar-refractivity contribution in [3.05, 3.63) is 35.5 Å². The quantitative estimate of drug-likeness (QED) is 0.722. The minimum absolute atomic E-state index is 0. The number of para-hydroxylation sites is 1. The van der Waals surface area contributed by atoms with Crippen LogP contribution in [0.4, 0.5) is 0 Å². The predicted octanol–water partition coefficient (Wildman–Crippen LogP) is 3.44. The van der Waals surface area contributed by atoms with Crippen molar-refractivity contribution in [2.75, 3.05) is 26.3 Å². The molecule has 3 N–H and O–H groups in total. The number of nitrogens with one attached hydrogen (secondary N) is 3. The smallest absolute Gasteiger partial charge is 0.0623 e. The lowest BCUT2D eigenvalue weighted by Crippen LogP contribution is -2.51. The maximum Gasteiger partial charge on any atom is 0.0623 e. The number of fused-ring (bicyclic) bond motifs is 1. The summed E-state index contributed by atoms with van der Waals surface area (Å²) in [4.78, 5) is 3.49. The predicted molar refractivity (Wildman–Crippen MR) is 110 cm³/mol. The average Bonchev–Trinajstić information content (AvgIpc) is 3.29. The number of aromatic amines is 1. The number of aryl methyl sites for hydroxylation is 1. The van der Waals surface area contributed by atoms with Crippen molar-refractivity contribution in [2.45, 2.75) is 51.1 Å². The molecule has 3 unspecified atom stereocenters. The van der Waals surface area contributed by atoms with E-state index in [-0.39, 0.29) is 12.4 Å². The molecule has 1 saturated carbocycles. The molecule has 26 heavy (non-hydrogen) atoms. The molecule has 2 heterocycles. The van der Waals surface area contributed by atoms with Crippen molar-refractivity contribution >= 4 is 23.3 Å². The highest BCUT2D eigenvalue weighted by Gasteiger charge is 2.34. The van der Waals surface area contributed by atoms with E-state index in [1.54, 1.807) is 0 Å². The Labute approximate surface area is 162 Å². The zero-order valence-corrected chi connectivity index (χ0v) is 16.5. The van der Waals surface area contributed by atoms with Gasteiger partial charge in [0.2, 0.25) is 0 Å². The molecule has 3 atom stereocenters. The molecule has 4 nitrogen and oxygen atoms in total. The van der Waals surface area contributed by atoms with Gasteiger partial charge in [0, 0.05) is 35.7 Å². The normalized spacial score (nSPS) is 26.1. The largest absolute Gasteiger partial charge is 0.379 e. The first-order chi connectivity index (χ1) is 12.4. The van der Waals surface area contributed by atoms with Gasteiger partial charge in [-0.25, -0.2) is 0 Å². The molecule has 1 aliphatic heterocycles. The molecule has 5 heteroatoms. The summed E-state index contributed by atoms with van der Waals surface area (Å²) in [6, 6.07) is 7.84. The monoisotopic (exact) mass is 377 g/mol. The number of H-pyrrole nitrogens is 1. The fourth-order valence-corrected chi connectivity index (χ4v) is 4.75. The Bertz CT molecular complexity index is 696. The van der Waals surface area contributed by atoms with Gasteiger partial charge in [0.1, 0.15) is 0 Å². The SMILES string of the molecule is CCc1cccc2c(CCNC3CCCC3C3COCCN3)c[nH]c12.Cl. The average molecular weight is 378 g/mol. The summed E-state index contributed by atoms with van der Waals surface area (Å²) in [6.45, 7) is 6.02. The second-order valence-electron chi connectivity index (χ2n) is 7.55. The summed E-state index contributed by atoms with van der Waals surface area (Å²) >= 11 is 0. The van der Waals surface area contributed by atoms with Crippen molar-refractivity contribution < 1.29 is 4.74 Å². The molecule has 144 valence electrons. The number of aromatic nitrogens is 1. The Morgan fingerprint density at radius 1 is 1.23 bits per heavy atom. The van der Waals surface area contributed by atoms with Crippen LogP contribution in [0.5, 0.6) is 0 Å². The maximum atomic E-state index is 5.68. The van der Waals surface area contributed by atoms with Gasteiger partial charge in [0.25, 0.3) is 0 Å². The van der Waals surface area contributed by atoms with E-state index >= 15 is 0 Å². The van der Waals surface area contributed by atoms with Gasteiger partial charge in [-0.1, -0.05) is 31.5 Å². The number of morpholine rings is 1. The molecule has 1 aromatic heterocycles. The topological polar surface area (TPSA) is 49.1 Å². The van der Waals surface area contributed by atoms with E-state index in [4.69, 9.17) is 4.74 Å². The van der Waals surface area contributed by atoms with Crippen LogP contribution in [0.2, 0.25) is 0 Å². The molecule has 0 bridgehead atoms. The number of benzene rings is 1. The van der Waals surface area contributed by atoms with E-state index in [0.717, 1.165) is 45.1 Å². The number of hydrogen-bond donors (Lipinski definition) is 3. The van der Waals surface area contributed by atoms with E-state index in [9.17, 15) is 0 Å². The highest BCUT2D eigenvalue weighted by Crippen LogP contribution is 2.29. The van der Waals surface area contributed by atoms with Gasteiger partial charge in [-0.2, -0.15) is 0 Å². The summed E-state index contributed by atoms with van der Waals surface area (Å²) in [6.07, 6.45) is 8.34. The minimum Gasteiger partial charge on any atom is -0.379 e. The van der Waals surface area contributed by atoms with Crippen LogP contribution in [0.3, 0.4) is 0 Å². The Balaban J connectivity index is 0.00000196. The van der Waals surface area contributed by atoms with Crippen LogP contribution < -0.4 is 10.6 Å². The molecule has 4 rings (SSSR count). The minimum atomic E-state index is 0. The van der Waals surface area contributed by atoms with Crippen LogP contribution in [0.15, 0.2) is 24.4 Å². The second-order valence-corrected chi connectivity index (χ2v) is 7.55. The number of ether oxygens (including phenoxy) is 1. The summed E-state index contributed by atoms with van der Waals surface area (Å²) in [7, 11) is 0. The Kier molecular flexibility index (Phi) is 6.98. The molecule has 1 aliphatic carbocycles. The molecule has 2 aromatic rings. The van der Waals surface area contributed by atoms with Crippen LogP contribution in [0, 0.1) is 5.92 Å². The molecule has 1 aromatic carbocycles. The second kappa shape index (κ2) is 9.23. The van der Waals surface area contributed by atoms with E-state index in [0.29, 0.717) is 12.1 Å². The lowest BCUT2D eigenvalue weighted by molar-refractivity contribution is 0.0526. The molecular formula is C21H32ClN3O. The summed E-state index contributed by atoms with van der Waals surface area (Å²) in [5.74, 6) is 0.718. The third kappa shape index (κ3) is 4.09. The van der Waals surface area contributed by atoms with Gasteiger partial charge in [-0.05, 0) is 49.3 Å². The zero-order valence-electron chi connectivity index (χ0n) is 15.7. The molecule has 2 fully saturated rings. The Morgan fingerprint density at radius 3 is 2.96 bits per heavy atom. The van der Waals surface area contributed by atoms with Crippen LogP contribution >= 0.6 is 12.4 Å². The van der Waals surface area contributed by atoms with E-state index in [1.165, 1.54) is 41.3 Å². The standard InChI is InChI=1S/C21H31N3O.ClH/c1-2-15-5-3-6-17-16(13-24-21(15)17)9-10-22-19-8-4-7-18(19)20-14-25-12-11-23-20;/h3,5-6,13,18-20,22-24H,2,4,7-12,14H2,1H3;1H. The number of rotatable bonds is 6. The van der Waals surface area contributed by atoms with Gasteiger partial charge in [0.15, 0.2) is 0 Å². The fourth-order valence-electron chi connectivity index (χ4n) is 4.75. The van der Waals surface area contributed by atoms with E-state index in [2.05, 4.69) is 46.9 Å². The highest BCUT2D eigenvalue weighted by molar-refractivity contribution is 5.86. The Morgan fingerprint density at radius 2 is 2.15 bits per heavy atom.